The van der Waals surface area contributed by atoms with Gasteiger partial charge in [0.1, 0.15) is 5.82 Å². The first-order chi connectivity index (χ1) is 9.31. The number of aryl methyl sites for hydroxylation is 1. The molecule has 2 aromatic carbocycles. The summed E-state index contributed by atoms with van der Waals surface area (Å²) in [6.45, 7) is 1.44. The molecule has 0 unspecified atom stereocenters. The largest absolute Gasteiger partial charge is 0.399 e. The van der Waals surface area contributed by atoms with Crippen LogP contribution in [-0.2, 0) is 0 Å². The van der Waals surface area contributed by atoms with Gasteiger partial charge >= 0.3 is 0 Å². The summed E-state index contributed by atoms with van der Waals surface area (Å²) in [6.07, 6.45) is 0. The number of nitrogens with two attached hydrogens (primary N) is 1. The van der Waals surface area contributed by atoms with Crippen molar-refractivity contribution in [1.82, 2.24) is 0 Å². The predicted octanol–water partition coefficient (Wildman–Crippen LogP) is 3.88. The van der Waals surface area contributed by atoms with Crippen LogP contribution in [0.4, 0.5) is 18.9 Å². The highest BCUT2D eigenvalue weighted by Crippen LogP contribution is 2.26. The lowest BCUT2D eigenvalue weighted by molar-refractivity contribution is 0.103. The van der Waals surface area contributed by atoms with E-state index in [0.717, 1.165) is 6.07 Å². The molecule has 0 radical (unpaired) electrons. The average Bonchev–Trinajstić information content (AvgIpc) is 2.37. The fraction of sp³-hybridized carbons (Fsp3) is 0.0714. The molecule has 6 heteroatoms. The number of benzene rings is 2. The second-order valence-electron chi connectivity index (χ2n) is 4.27. The van der Waals surface area contributed by atoms with Gasteiger partial charge in [-0.3, -0.25) is 4.79 Å². The molecular weight excluding hydrogens is 291 g/mol. The van der Waals surface area contributed by atoms with Crippen LogP contribution >= 0.6 is 11.6 Å². The molecule has 104 valence electrons. The van der Waals surface area contributed by atoms with E-state index in [1.165, 1.54) is 13.0 Å². The van der Waals surface area contributed by atoms with Crippen molar-refractivity contribution < 1.29 is 18.0 Å². The van der Waals surface area contributed by atoms with Crippen LogP contribution in [0.5, 0.6) is 0 Å². The number of carbonyl (C=O) groups excluding carboxylic acids is 1. The Balaban J connectivity index is 2.60. The zero-order valence-corrected chi connectivity index (χ0v) is 11.1. The van der Waals surface area contributed by atoms with Crippen molar-refractivity contribution in [3.05, 3.63) is 63.4 Å². The van der Waals surface area contributed by atoms with Gasteiger partial charge in [-0.25, -0.2) is 13.2 Å². The van der Waals surface area contributed by atoms with E-state index < -0.39 is 23.2 Å². The first-order valence-corrected chi connectivity index (χ1v) is 5.94. The summed E-state index contributed by atoms with van der Waals surface area (Å²) in [7, 11) is 0. The van der Waals surface area contributed by atoms with Gasteiger partial charge in [0.05, 0.1) is 10.6 Å². The smallest absolute Gasteiger partial charge is 0.197 e. The lowest BCUT2D eigenvalue weighted by Crippen LogP contribution is -2.08. The molecule has 0 aliphatic rings. The summed E-state index contributed by atoms with van der Waals surface area (Å²) in [5.74, 6) is -4.05. The van der Waals surface area contributed by atoms with Gasteiger partial charge in [-0.15, -0.1) is 0 Å². The Kier molecular flexibility index (Phi) is 3.72. The van der Waals surface area contributed by atoms with E-state index in [2.05, 4.69) is 0 Å². The molecule has 2 N–H and O–H groups in total. The molecule has 0 bridgehead atoms. The minimum atomic E-state index is -1.24. The van der Waals surface area contributed by atoms with Crippen LogP contribution in [0.3, 0.4) is 0 Å². The quantitative estimate of drug-likeness (QED) is 0.519. The van der Waals surface area contributed by atoms with Crippen LogP contribution in [0.25, 0.3) is 0 Å². The summed E-state index contributed by atoms with van der Waals surface area (Å²) in [5.41, 5.74) is 5.25. The third-order valence-electron chi connectivity index (χ3n) is 2.78. The number of hydrogen-bond donors (Lipinski definition) is 1. The number of ketones is 1. The summed E-state index contributed by atoms with van der Waals surface area (Å²) >= 11 is 5.70. The molecule has 0 aromatic heterocycles. The highest BCUT2D eigenvalue weighted by molar-refractivity contribution is 6.35. The highest BCUT2D eigenvalue weighted by Gasteiger charge is 2.21. The van der Waals surface area contributed by atoms with Crippen molar-refractivity contribution in [2.24, 2.45) is 0 Å². The van der Waals surface area contributed by atoms with Crippen LogP contribution in [0.1, 0.15) is 21.5 Å². The standard InChI is InChI=1S/C14H9ClF3NO/c1-6-2-7(19)3-9(13(6)18)14(20)8-4-11(16)12(17)5-10(8)15/h2-5H,19H2,1H3. The van der Waals surface area contributed by atoms with E-state index in [0.29, 0.717) is 12.1 Å². The third kappa shape index (κ3) is 2.49. The fourth-order valence-corrected chi connectivity index (χ4v) is 2.04. The van der Waals surface area contributed by atoms with Gasteiger partial charge < -0.3 is 5.73 Å². The van der Waals surface area contributed by atoms with Crippen LogP contribution in [-0.4, -0.2) is 5.78 Å². The second-order valence-corrected chi connectivity index (χ2v) is 4.68. The minimum Gasteiger partial charge on any atom is -0.399 e. The van der Waals surface area contributed by atoms with Crippen molar-refractivity contribution in [2.75, 3.05) is 5.73 Å². The third-order valence-corrected chi connectivity index (χ3v) is 3.09. The molecule has 0 saturated carbocycles. The molecule has 2 nitrogen and oxygen atoms in total. The lowest BCUT2D eigenvalue weighted by atomic mass is 9.99. The Bertz CT molecular complexity index is 716. The summed E-state index contributed by atoms with van der Waals surface area (Å²) in [4.78, 5) is 12.2. The summed E-state index contributed by atoms with van der Waals surface area (Å²) < 4.78 is 40.1. The molecule has 2 rings (SSSR count). The molecular formula is C14H9ClF3NO. The SMILES string of the molecule is Cc1cc(N)cc(C(=O)c2cc(F)c(F)cc2Cl)c1F. The maximum Gasteiger partial charge on any atom is 0.197 e. The number of carbonyl (C=O) groups is 1. The first kappa shape index (κ1) is 14.4. The molecule has 0 saturated heterocycles. The van der Waals surface area contributed by atoms with Crippen LogP contribution < -0.4 is 5.73 Å². The molecule has 0 aliphatic heterocycles. The molecule has 0 amide bonds. The van der Waals surface area contributed by atoms with Crippen LogP contribution in [0, 0.1) is 24.4 Å². The summed E-state index contributed by atoms with van der Waals surface area (Å²) in [5, 5.41) is -0.298. The number of hydrogen-bond acceptors (Lipinski definition) is 2. The van der Waals surface area contributed by atoms with E-state index in [1.54, 1.807) is 0 Å². The zero-order chi connectivity index (χ0) is 15.0. The number of rotatable bonds is 2. The van der Waals surface area contributed by atoms with Gasteiger partial charge in [-0.1, -0.05) is 11.6 Å². The molecule has 20 heavy (non-hydrogen) atoms. The Morgan fingerprint density at radius 1 is 1.05 bits per heavy atom. The first-order valence-electron chi connectivity index (χ1n) is 5.56. The number of nitrogen functional groups attached to an aromatic ring is 1. The zero-order valence-electron chi connectivity index (χ0n) is 10.3. The maximum atomic E-state index is 13.9. The molecule has 0 aliphatic carbocycles. The van der Waals surface area contributed by atoms with Gasteiger partial charge in [0.15, 0.2) is 17.4 Å². The van der Waals surface area contributed by atoms with Gasteiger partial charge in [0.2, 0.25) is 0 Å². The maximum absolute atomic E-state index is 13.9. The summed E-state index contributed by atoms with van der Waals surface area (Å²) in [6, 6.07) is 3.79. The van der Waals surface area contributed by atoms with E-state index in [4.69, 9.17) is 17.3 Å². The normalized spacial score (nSPS) is 10.7. The van der Waals surface area contributed by atoms with Gasteiger partial charge in [0.25, 0.3) is 0 Å². The van der Waals surface area contributed by atoms with Crippen molar-refractivity contribution >= 4 is 23.1 Å². The van der Waals surface area contributed by atoms with Gasteiger partial charge in [-0.05, 0) is 36.8 Å². The Morgan fingerprint density at radius 2 is 1.65 bits per heavy atom. The predicted molar refractivity (Wildman–Crippen MR) is 70.3 cm³/mol. The van der Waals surface area contributed by atoms with Gasteiger partial charge in [-0.2, -0.15) is 0 Å². The van der Waals surface area contributed by atoms with E-state index in [-0.39, 0.29) is 27.4 Å². The Morgan fingerprint density at radius 3 is 2.30 bits per heavy atom. The van der Waals surface area contributed by atoms with Crippen molar-refractivity contribution in [3.8, 4) is 0 Å². The van der Waals surface area contributed by atoms with Crippen LogP contribution in [0.2, 0.25) is 5.02 Å². The van der Waals surface area contributed by atoms with Crippen molar-refractivity contribution in [1.29, 1.82) is 0 Å². The topological polar surface area (TPSA) is 43.1 Å². The van der Waals surface area contributed by atoms with Crippen molar-refractivity contribution in [3.63, 3.8) is 0 Å². The van der Waals surface area contributed by atoms with E-state index in [1.807, 2.05) is 0 Å². The number of anilines is 1. The van der Waals surface area contributed by atoms with E-state index in [9.17, 15) is 18.0 Å². The minimum absolute atomic E-state index is 0.173. The molecule has 2 aromatic rings. The monoisotopic (exact) mass is 299 g/mol. The lowest BCUT2D eigenvalue weighted by Gasteiger charge is -2.08. The van der Waals surface area contributed by atoms with Crippen LogP contribution in [0.15, 0.2) is 24.3 Å². The molecule has 0 spiro atoms. The second kappa shape index (κ2) is 5.17. The molecule has 0 fully saturated rings. The molecule has 0 atom stereocenters. The Labute approximate surface area is 118 Å². The number of halogens is 4. The molecule has 0 heterocycles. The fourth-order valence-electron chi connectivity index (χ4n) is 1.80. The van der Waals surface area contributed by atoms with Crippen molar-refractivity contribution in [2.45, 2.75) is 6.92 Å². The highest BCUT2D eigenvalue weighted by atomic mass is 35.5. The van der Waals surface area contributed by atoms with Gasteiger partial charge in [0, 0.05) is 11.3 Å². The Hall–Kier alpha value is -2.01. The van der Waals surface area contributed by atoms with E-state index >= 15 is 0 Å². The average molecular weight is 300 g/mol.